The van der Waals surface area contributed by atoms with E-state index in [0.717, 1.165) is 22.2 Å². The van der Waals surface area contributed by atoms with Crippen LogP contribution in [0.3, 0.4) is 0 Å². The zero-order chi connectivity index (χ0) is 24.3. The molecule has 33 heavy (non-hydrogen) atoms. The van der Waals surface area contributed by atoms with Crippen LogP contribution < -0.4 is 0 Å². The number of hydrogen-bond donors (Lipinski definition) is 1. The summed E-state index contributed by atoms with van der Waals surface area (Å²) in [7, 11) is 0. The monoisotopic (exact) mass is 627 g/mol. The second kappa shape index (κ2) is 11.2. The first-order chi connectivity index (χ1) is 14.7. The zero-order valence-electron chi connectivity index (χ0n) is 20.6. The Labute approximate surface area is 210 Å². The van der Waals surface area contributed by atoms with Crippen LogP contribution in [0.2, 0.25) is 0 Å². The maximum atomic E-state index is 13.5. The van der Waals surface area contributed by atoms with Gasteiger partial charge in [-0.3, -0.25) is 9.78 Å². The smallest absolute Gasteiger partial charge is 0.164 e. The molecular weight excluding hydrogens is 594 g/mol. The average Bonchev–Trinajstić information content (AvgIpc) is 2.67. The summed E-state index contributed by atoms with van der Waals surface area (Å²) in [5.41, 5.74) is 3.66. The molecule has 0 bridgehead atoms. The van der Waals surface area contributed by atoms with Crippen molar-refractivity contribution in [1.29, 1.82) is 0 Å². The minimum atomic E-state index is -0.417. The van der Waals surface area contributed by atoms with Gasteiger partial charge in [-0.25, -0.2) is 4.39 Å². The van der Waals surface area contributed by atoms with Crippen LogP contribution in [0.15, 0.2) is 54.3 Å². The Kier molecular flexibility index (Phi) is 9.71. The number of rotatable bonds is 2. The maximum Gasteiger partial charge on any atom is 0.164 e. The Bertz CT molecular complexity index is 1150. The van der Waals surface area contributed by atoms with Crippen molar-refractivity contribution in [3.05, 3.63) is 77.3 Å². The van der Waals surface area contributed by atoms with Gasteiger partial charge in [-0.1, -0.05) is 60.6 Å². The SMILES string of the molecule is CC(C)(C)C(=O)/C=C(\O)C(C)(C)C.Cc1cc[c-]c(-c2ccc3cc(F)c(C)cc3n2)c1.[Ir]. The van der Waals surface area contributed by atoms with Crippen LogP contribution in [0, 0.1) is 36.6 Å². The van der Waals surface area contributed by atoms with Crippen LogP contribution in [-0.4, -0.2) is 15.9 Å². The number of carbonyl (C=O) groups is 1. The van der Waals surface area contributed by atoms with Crippen molar-refractivity contribution < 1.29 is 34.4 Å². The second-order valence-corrected chi connectivity index (χ2v) is 10.2. The third-order valence-corrected chi connectivity index (χ3v) is 4.98. The molecule has 0 aliphatic carbocycles. The molecule has 5 heteroatoms. The van der Waals surface area contributed by atoms with Crippen LogP contribution in [-0.2, 0) is 24.9 Å². The molecule has 0 amide bonds. The van der Waals surface area contributed by atoms with Gasteiger partial charge in [0.25, 0.3) is 0 Å². The molecule has 1 radical (unpaired) electrons. The summed E-state index contributed by atoms with van der Waals surface area (Å²) in [5, 5.41) is 10.4. The number of aliphatic hydroxyl groups excluding tert-OH is 1. The first-order valence-electron chi connectivity index (χ1n) is 10.7. The van der Waals surface area contributed by atoms with Crippen LogP contribution in [0.4, 0.5) is 4.39 Å². The van der Waals surface area contributed by atoms with Gasteiger partial charge < -0.3 is 5.11 Å². The van der Waals surface area contributed by atoms with Crippen LogP contribution in [0.1, 0.15) is 52.7 Å². The molecule has 3 nitrogen and oxygen atoms in total. The minimum absolute atomic E-state index is 0. The van der Waals surface area contributed by atoms with Gasteiger partial charge in [-0.05, 0) is 30.3 Å². The fourth-order valence-corrected chi connectivity index (χ4v) is 2.68. The number of aliphatic hydroxyl groups is 1. The van der Waals surface area contributed by atoms with Gasteiger partial charge in [0.15, 0.2) is 5.78 Å². The standard InChI is InChI=1S/C17H13FN.C11H20O2.Ir/c1-11-4-3-5-13(8-11)16-7-6-14-10-15(18)12(2)9-17(14)19-16;1-10(2,3)8(12)7-9(13)11(4,5)6;/h3-4,6-10H,1-2H3;7,12H,1-6H3;/q-1;;/b;8-7-;. The molecule has 0 atom stereocenters. The number of hydrogen-bond acceptors (Lipinski definition) is 3. The molecule has 0 fully saturated rings. The molecule has 0 aliphatic rings. The largest absolute Gasteiger partial charge is 0.512 e. The molecule has 3 aromatic rings. The van der Waals surface area contributed by atoms with Crippen LogP contribution >= 0.6 is 0 Å². The normalized spacial score (nSPS) is 12.0. The number of aromatic nitrogens is 1. The van der Waals surface area contributed by atoms with Crippen molar-refractivity contribution >= 4 is 16.7 Å². The summed E-state index contributed by atoms with van der Waals surface area (Å²) in [5.74, 6) is -0.0866. The fourth-order valence-electron chi connectivity index (χ4n) is 2.68. The van der Waals surface area contributed by atoms with Gasteiger partial charge in [-0.15, -0.1) is 35.4 Å². The van der Waals surface area contributed by atoms with Gasteiger partial charge in [0.05, 0.1) is 5.52 Å². The zero-order valence-corrected chi connectivity index (χ0v) is 23.0. The van der Waals surface area contributed by atoms with E-state index in [1.165, 1.54) is 17.7 Å². The quantitative estimate of drug-likeness (QED) is 0.182. The van der Waals surface area contributed by atoms with Crippen molar-refractivity contribution in [2.45, 2.75) is 55.4 Å². The van der Waals surface area contributed by atoms with Gasteiger partial charge in [-0.2, -0.15) is 0 Å². The molecule has 0 unspecified atom stereocenters. The molecule has 1 N–H and O–H groups in total. The van der Waals surface area contributed by atoms with Crippen LogP contribution in [0.5, 0.6) is 0 Å². The third-order valence-electron chi connectivity index (χ3n) is 4.98. The van der Waals surface area contributed by atoms with E-state index >= 15 is 0 Å². The van der Waals surface area contributed by atoms with Crippen molar-refractivity contribution in [1.82, 2.24) is 4.98 Å². The van der Waals surface area contributed by atoms with Gasteiger partial charge in [0.1, 0.15) is 11.6 Å². The number of carbonyl (C=O) groups excluding carboxylic acids is 1. The number of nitrogens with zero attached hydrogens (tertiary/aromatic N) is 1. The van der Waals surface area contributed by atoms with E-state index in [1.54, 1.807) is 13.0 Å². The van der Waals surface area contributed by atoms with Crippen molar-refractivity contribution in [2.75, 3.05) is 0 Å². The molecule has 0 spiro atoms. The van der Waals surface area contributed by atoms with E-state index in [4.69, 9.17) is 0 Å². The predicted octanol–water partition coefficient (Wildman–Crippen LogP) is 7.55. The maximum absolute atomic E-state index is 13.5. The van der Waals surface area contributed by atoms with Crippen molar-refractivity contribution in [3.63, 3.8) is 0 Å². The molecule has 2 aromatic carbocycles. The number of halogens is 1. The number of ketones is 1. The number of aryl methyl sites for hydroxylation is 2. The van der Waals surface area contributed by atoms with E-state index in [1.807, 2.05) is 78.8 Å². The minimum Gasteiger partial charge on any atom is -0.512 e. The van der Waals surface area contributed by atoms with E-state index in [9.17, 15) is 14.3 Å². The Morgan fingerprint density at radius 2 is 1.64 bits per heavy atom. The first-order valence-corrected chi connectivity index (χ1v) is 10.7. The van der Waals surface area contributed by atoms with Crippen molar-refractivity contribution in [2.24, 2.45) is 10.8 Å². The summed E-state index contributed by atoms with van der Waals surface area (Å²) in [6.07, 6.45) is 1.33. The summed E-state index contributed by atoms with van der Waals surface area (Å²) >= 11 is 0. The van der Waals surface area contributed by atoms with Gasteiger partial charge in [0, 0.05) is 42.4 Å². The van der Waals surface area contributed by atoms with E-state index in [-0.39, 0.29) is 42.9 Å². The summed E-state index contributed by atoms with van der Waals surface area (Å²) < 4.78 is 13.5. The number of allylic oxidation sites excluding steroid dienone is 2. The van der Waals surface area contributed by atoms with Crippen molar-refractivity contribution in [3.8, 4) is 11.3 Å². The molecule has 0 saturated heterocycles. The van der Waals surface area contributed by atoms with Gasteiger partial charge in [0.2, 0.25) is 0 Å². The van der Waals surface area contributed by atoms with E-state index in [0.29, 0.717) is 5.56 Å². The Balaban J connectivity index is 0.000000346. The van der Waals surface area contributed by atoms with Crippen LogP contribution in [0.25, 0.3) is 22.2 Å². The molecule has 1 aromatic heterocycles. The molecule has 179 valence electrons. The number of benzene rings is 2. The molecule has 0 saturated carbocycles. The molecule has 1 heterocycles. The summed E-state index contributed by atoms with van der Waals surface area (Å²) in [6.45, 7) is 14.9. The third kappa shape index (κ3) is 8.17. The Morgan fingerprint density at radius 3 is 2.18 bits per heavy atom. The number of pyridine rings is 1. The molecule has 3 rings (SSSR count). The van der Waals surface area contributed by atoms with E-state index < -0.39 is 5.41 Å². The average molecular weight is 627 g/mol. The molecule has 0 aliphatic heterocycles. The predicted molar refractivity (Wildman–Crippen MR) is 130 cm³/mol. The summed E-state index contributed by atoms with van der Waals surface area (Å²) in [4.78, 5) is 16.1. The van der Waals surface area contributed by atoms with Gasteiger partial charge >= 0.3 is 0 Å². The fraction of sp³-hybridized carbons (Fsp3) is 0.357. The topological polar surface area (TPSA) is 50.2 Å². The number of fused-ring (bicyclic) bond motifs is 1. The Hall–Kier alpha value is -2.36. The molecular formula is C28H33FIrNO2-. The first kappa shape index (κ1) is 28.7. The second-order valence-electron chi connectivity index (χ2n) is 10.2. The van der Waals surface area contributed by atoms with E-state index in [2.05, 4.69) is 11.1 Å². The Morgan fingerprint density at radius 1 is 1.00 bits per heavy atom. The summed E-state index contributed by atoms with van der Waals surface area (Å²) in [6, 6.07) is 16.2.